The molecule has 0 saturated carbocycles. The predicted molar refractivity (Wildman–Crippen MR) is 70.3 cm³/mol. The van der Waals surface area contributed by atoms with Gasteiger partial charge in [-0.05, 0) is 44.0 Å². The van der Waals surface area contributed by atoms with Gasteiger partial charge in [0.05, 0.1) is 11.3 Å². The molecule has 6 heteroatoms. The van der Waals surface area contributed by atoms with Crippen molar-refractivity contribution in [3.8, 4) is 0 Å². The van der Waals surface area contributed by atoms with Gasteiger partial charge in [-0.1, -0.05) is 12.1 Å². The summed E-state index contributed by atoms with van der Waals surface area (Å²) < 4.78 is 38.4. The van der Waals surface area contributed by atoms with E-state index >= 15 is 0 Å². The van der Waals surface area contributed by atoms with Gasteiger partial charge in [0.1, 0.15) is 0 Å². The Hall–Kier alpha value is -1.56. The second-order valence-electron chi connectivity index (χ2n) is 4.99. The molecule has 1 aliphatic heterocycles. The van der Waals surface area contributed by atoms with E-state index in [2.05, 4.69) is 10.6 Å². The zero-order valence-corrected chi connectivity index (χ0v) is 11.0. The van der Waals surface area contributed by atoms with E-state index in [4.69, 9.17) is 0 Å². The molecule has 1 aromatic carbocycles. The number of amides is 1. The van der Waals surface area contributed by atoms with Crippen LogP contribution in [-0.4, -0.2) is 19.0 Å². The largest absolute Gasteiger partial charge is 0.418 e. The SMILES string of the molecule is O=C(CC1CCNCC1)Nc1ccccc1C(F)(F)F. The minimum Gasteiger partial charge on any atom is -0.325 e. The highest BCUT2D eigenvalue weighted by atomic mass is 19.4. The molecule has 1 heterocycles. The smallest absolute Gasteiger partial charge is 0.325 e. The van der Waals surface area contributed by atoms with E-state index in [9.17, 15) is 18.0 Å². The van der Waals surface area contributed by atoms with Crippen molar-refractivity contribution in [1.29, 1.82) is 0 Å². The zero-order valence-electron chi connectivity index (χ0n) is 11.0. The van der Waals surface area contributed by atoms with E-state index in [-0.39, 0.29) is 23.9 Å². The van der Waals surface area contributed by atoms with E-state index in [1.54, 1.807) is 0 Å². The average Bonchev–Trinajstić information content (AvgIpc) is 2.39. The lowest BCUT2D eigenvalue weighted by atomic mass is 9.94. The first-order valence-corrected chi connectivity index (χ1v) is 6.63. The third kappa shape index (κ3) is 3.96. The number of benzene rings is 1. The molecule has 1 fully saturated rings. The van der Waals surface area contributed by atoms with Crippen molar-refractivity contribution in [2.75, 3.05) is 18.4 Å². The van der Waals surface area contributed by atoms with Crippen molar-refractivity contribution >= 4 is 11.6 Å². The molecule has 110 valence electrons. The quantitative estimate of drug-likeness (QED) is 0.896. The summed E-state index contributed by atoms with van der Waals surface area (Å²) >= 11 is 0. The van der Waals surface area contributed by atoms with Gasteiger partial charge in [0.2, 0.25) is 5.91 Å². The molecule has 0 aromatic heterocycles. The average molecular weight is 286 g/mol. The van der Waals surface area contributed by atoms with Gasteiger partial charge < -0.3 is 10.6 Å². The monoisotopic (exact) mass is 286 g/mol. The number of piperidine rings is 1. The van der Waals surface area contributed by atoms with E-state index in [0.29, 0.717) is 0 Å². The third-order valence-corrected chi connectivity index (χ3v) is 3.44. The van der Waals surface area contributed by atoms with Crippen LogP contribution in [0.15, 0.2) is 24.3 Å². The fourth-order valence-corrected chi connectivity index (χ4v) is 2.39. The zero-order chi connectivity index (χ0) is 14.6. The Morgan fingerprint density at radius 2 is 1.90 bits per heavy atom. The maximum Gasteiger partial charge on any atom is 0.418 e. The maximum absolute atomic E-state index is 12.8. The normalized spacial score (nSPS) is 16.9. The molecular weight excluding hydrogens is 269 g/mol. The molecule has 2 N–H and O–H groups in total. The lowest BCUT2D eigenvalue weighted by Crippen LogP contribution is -2.30. The number of para-hydroxylation sites is 1. The number of alkyl halides is 3. The van der Waals surface area contributed by atoms with Gasteiger partial charge in [-0.3, -0.25) is 4.79 Å². The summed E-state index contributed by atoms with van der Waals surface area (Å²) in [5.41, 5.74) is -0.974. The summed E-state index contributed by atoms with van der Waals surface area (Å²) in [6.45, 7) is 1.72. The lowest BCUT2D eigenvalue weighted by Gasteiger charge is -2.22. The molecule has 0 unspecified atom stereocenters. The summed E-state index contributed by atoms with van der Waals surface area (Å²) in [6, 6.07) is 5.05. The Bertz CT molecular complexity index is 468. The highest BCUT2D eigenvalue weighted by Crippen LogP contribution is 2.34. The van der Waals surface area contributed by atoms with Gasteiger partial charge in [0.25, 0.3) is 0 Å². The number of hydrogen-bond donors (Lipinski definition) is 2. The van der Waals surface area contributed by atoms with Gasteiger partial charge in [0.15, 0.2) is 0 Å². The molecule has 3 nitrogen and oxygen atoms in total. The van der Waals surface area contributed by atoms with Crippen LogP contribution >= 0.6 is 0 Å². The second-order valence-corrected chi connectivity index (χ2v) is 4.99. The first kappa shape index (κ1) is 14.8. The van der Waals surface area contributed by atoms with Crippen molar-refractivity contribution in [3.63, 3.8) is 0 Å². The summed E-state index contributed by atoms with van der Waals surface area (Å²) in [6.07, 6.45) is -2.42. The Labute approximate surface area is 115 Å². The first-order valence-electron chi connectivity index (χ1n) is 6.63. The molecule has 0 spiro atoms. The van der Waals surface area contributed by atoms with Crippen LogP contribution in [0.2, 0.25) is 0 Å². The van der Waals surface area contributed by atoms with Crippen LogP contribution in [0.3, 0.4) is 0 Å². The van der Waals surface area contributed by atoms with E-state index in [1.165, 1.54) is 18.2 Å². The van der Waals surface area contributed by atoms with Crippen LogP contribution in [0.4, 0.5) is 18.9 Å². The van der Waals surface area contributed by atoms with E-state index in [0.717, 1.165) is 32.0 Å². The number of rotatable bonds is 3. The van der Waals surface area contributed by atoms with Crippen LogP contribution in [0.1, 0.15) is 24.8 Å². The minimum atomic E-state index is -4.46. The topological polar surface area (TPSA) is 41.1 Å². The van der Waals surface area contributed by atoms with Gasteiger partial charge in [-0.2, -0.15) is 13.2 Å². The van der Waals surface area contributed by atoms with Crippen LogP contribution < -0.4 is 10.6 Å². The van der Waals surface area contributed by atoms with Crippen LogP contribution in [0.25, 0.3) is 0 Å². The molecule has 1 saturated heterocycles. The molecule has 2 rings (SSSR count). The van der Waals surface area contributed by atoms with Gasteiger partial charge in [-0.25, -0.2) is 0 Å². The summed E-state index contributed by atoms with van der Waals surface area (Å²) in [7, 11) is 0. The number of hydrogen-bond acceptors (Lipinski definition) is 2. The summed E-state index contributed by atoms with van der Waals surface area (Å²) in [5, 5.41) is 5.57. The van der Waals surface area contributed by atoms with Crippen molar-refractivity contribution in [1.82, 2.24) is 5.32 Å². The number of carbonyl (C=O) groups excluding carboxylic acids is 1. The molecule has 20 heavy (non-hydrogen) atoms. The summed E-state index contributed by atoms with van der Waals surface area (Å²) in [5.74, 6) is -0.108. The minimum absolute atomic E-state index is 0.168. The Morgan fingerprint density at radius 1 is 1.25 bits per heavy atom. The standard InChI is InChI=1S/C14H17F3N2O/c15-14(16,17)11-3-1-2-4-12(11)19-13(20)9-10-5-7-18-8-6-10/h1-4,10,18H,5-9H2,(H,19,20). The highest BCUT2D eigenvalue weighted by molar-refractivity contribution is 5.91. The van der Waals surface area contributed by atoms with Gasteiger partial charge in [-0.15, -0.1) is 0 Å². The van der Waals surface area contributed by atoms with E-state index < -0.39 is 11.7 Å². The fourth-order valence-electron chi connectivity index (χ4n) is 2.39. The first-order chi connectivity index (χ1) is 9.47. The molecule has 1 aliphatic rings. The molecule has 1 aromatic rings. The van der Waals surface area contributed by atoms with Crippen LogP contribution in [-0.2, 0) is 11.0 Å². The van der Waals surface area contributed by atoms with Crippen molar-refractivity contribution < 1.29 is 18.0 Å². The third-order valence-electron chi connectivity index (χ3n) is 3.44. The Morgan fingerprint density at radius 3 is 2.55 bits per heavy atom. The molecule has 0 bridgehead atoms. The number of nitrogens with one attached hydrogen (secondary N) is 2. The number of anilines is 1. The molecule has 0 radical (unpaired) electrons. The van der Waals surface area contributed by atoms with Crippen molar-refractivity contribution in [3.05, 3.63) is 29.8 Å². The predicted octanol–water partition coefficient (Wildman–Crippen LogP) is 3.03. The van der Waals surface area contributed by atoms with Crippen molar-refractivity contribution in [2.24, 2.45) is 5.92 Å². The Balaban J connectivity index is 2.00. The molecule has 0 atom stereocenters. The molecule has 0 aliphatic carbocycles. The fraction of sp³-hybridized carbons (Fsp3) is 0.500. The molecule has 1 amide bonds. The highest BCUT2D eigenvalue weighted by Gasteiger charge is 2.33. The number of carbonyl (C=O) groups is 1. The second kappa shape index (κ2) is 6.26. The van der Waals surface area contributed by atoms with E-state index in [1.807, 2.05) is 0 Å². The Kier molecular flexibility index (Phi) is 4.65. The summed E-state index contributed by atoms with van der Waals surface area (Å²) in [4.78, 5) is 11.9. The van der Waals surface area contributed by atoms with Crippen LogP contribution in [0.5, 0.6) is 0 Å². The maximum atomic E-state index is 12.8. The number of halogens is 3. The van der Waals surface area contributed by atoms with Gasteiger partial charge in [0, 0.05) is 6.42 Å². The molecular formula is C14H17F3N2O. The van der Waals surface area contributed by atoms with Crippen LogP contribution in [0, 0.1) is 5.92 Å². The lowest BCUT2D eigenvalue weighted by molar-refractivity contribution is -0.137. The van der Waals surface area contributed by atoms with Gasteiger partial charge >= 0.3 is 6.18 Å². The van der Waals surface area contributed by atoms with Crippen molar-refractivity contribution in [2.45, 2.75) is 25.4 Å².